The first-order valence-corrected chi connectivity index (χ1v) is 10.0. The molecule has 1 aromatic carbocycles. The number of amides is 2. The molecule has 0 N–H and O–H groups in total. The molecule has 4 fully saturated rings. The quantitative estimate of drug-likeness (QED) is 0.541. The number of hydrogen-bond donors (Lipinski definition) is 0. The van der Waals surface area contributed by atoms with E-state index in [0.717, 1.165) is 11.3 Å². The Morgan fingerprint density at radius 2 is 2.00 bits per heavy atom. The molecule has 0 aromatic heterocycles. The van der Waals surface area contributed by atoms with Crippen molar-refractivity contribution in [3.8, 4) is 0 Å². The maximum atomic E-state index is 13.7. The van der Waals surface area contributed by atoms with Crippen LogP contribution in [0, 0.1) is 5.92 Å². The van der Waals surface area contributed by atoms with Crippen molar-refractivity contribution in [1.82, 2.24) is 4.90 Å². The number of nitrogens with zero attached hydrogens (tertiary/aromatic N) is 2. The summed E-state index contributed by atoms with van der Waals surface area (Å²) in [5.41, 5.74) is 0.898. The lowest BCUT2D eigenvalue weighted by Crippen LogP contribution is -2.54. The summed E-state index contributed by atoms with van der Waals surface area (Å²) >= 11 is 0. The first kappa shape index (κ1) is 17.4. The van der Waals surface area contributed by atoms with Gasteiger partial charge in [-0.3, -0.25) is 14.4 Å². The molecular weight excluding hydrogens is 376 g/mol. The SMILES string of the molecule is CC(=O)O[C@@H]1[C@@H]2O[C@]3([C@@H]1C(=O)N1c4ccccc4[C@@H](N(C)C(C)=O)C[C@H]13)[C@H]1O[C@@H]21. The highest BCUT2D eigenvalue weighted by Gasteiger charge is 2.86. The fourth-order valence-corrected chi connectivity index (χ4v) is 6.19. The standard InChI is InChI=1S/C21H22N2O6/c1-9(24)22(3)13-8-14-21-15(20(26)23(14)12-7-5-4-6-11(12)13)16(27-10(2)25)17(29-21)18-19(21)28-18/h4-7,13-19H,8H2,1-3H3/t13-,14-,15-,16-,17-,18-,19-,21+/m0/s1. The Kier molecular flexibility index (Phi) is 3.22. The van der Waals surface area contributed by atoms with Crippen molar-refractivity contribution < 1.29 is 28.6 Å². The highest BCUT2D eigenvalue weighted by atomic mass is 16.7. The number of rotatable bonds is 2. The predicted octanol–water partition coefficient (Wildman–Crippen LogP) is 0.791. The molecule has 0 radical (unpaired) electrons. The van der Waals surface area contributed by atoms with Crippen molar-refractivity contribution in [3.63, 3.8) is 0 Å². The number of anilines is 1. The molecule has 5 aliphatic heterocycles. The Balaban J connectivity index is 1.49. The molecule has 8 nitrogen and oxygen atoms in total. The number of carbonyl (C=O) groups excluding carboxylic acids is 3. The maximum absolute atomic E-state index is 13.7. The molecule has 4 saturated heterocycles. The van der Waals surface area contributed by atoms with Gasteiger partial charge in [-0.05, 0) is 18.1 Å². The van der Waals surface area contributed by atoms with Gasteiger partial charge in [0.15, 0.2) is 0 Å². The first-order valence-electron chi connectivity index (χ1n) is 10.0. The van der Waals surface area contributed by atoms with Crippen LogP contribution in [0.5, 0.6) is 0 Å². The summed E-state index contributed by atoms with van der Waals surface area (Å²) in [6.07, 6.45) is -0.783. The number of benzene rings is 1. The van der Waals surface area contributed by atoms with Gasteiger partial charge in [-0.2, -0.15) is 0 Å². The number of fused-ring (bicyclic) bond motifs is 6. The van der Waals surface area contributed by atoms with Gasteiger partial charge in [0.2, 0.25) is 11.8 Å². The average molecular weight is 398 g/mol. The van der Waals surface area contributed by atoms with Gasteiger partial charge in [0.25, 0.3) is 0 Å². The summed E-state index contributed by atoms with van der Waals surface area (Å²) in [4.78, 5) is 41.1. The van der Waals surface area contributed by atoms with Gasteiger partial charge in [0, 0.05) is 26.6 Å². The van der Waals surface area contributed by atoms with E-state index < -0.39 is 29.7 Å². The molecule has 6 rings (SSSR count). The van der Waals surface area contributed by atoms with Gasteiger partial charge in [0.1, 0.15) is 35.9 Å². The van der Waals surface area contributed by atoms with E-state index in [1.807, 2.05) is 24.3 Å². The van der Waals surface area contributed by atoms with Gasteiger partial charge < -0.3 is 24.0 Å². The highest BCUT2D eigenvalue weighted by Crippen LogP contribution is 2.66. The lowest BCUT2D eigenvalue weighted by Gasteiger charge is -2.44. The van der Waals surface area contributed by atoms with Crippen molar-refractivity contribution in [2.75, 3.05) is 11.9 Å². The number of hydrogen-bond acceptors (Lipinski definition) is 6. The van der Waals surface area contributed by atoms with Gasteiger partial charge in [-0.1, -0.05) is 18.2 Å². The molecule has 8 heteroatoms. The zero-order chi connectivity index (χ0) is 20.2. The lowest BCUT2D eigenvalue weighted by molar-refractivity contribution is -0.152. The third kappa shape index (κ3) is 1.94. The van der Waals surface area contributed by atoms with E-state index in [2.05, 4.69) is 0 Å². The van der Waals surface area contributed by atoms with Gasteiger partial charge in [-0.15, -0.1) is 0 Å². The summed E-state index contributed by atoms with van der Waals surface area (Å²) in [5.74, 6) is -1.13. The van der Waals surface area contributed by atoms with Crippen LogP contribution in [0.3, 0.4) is 0 Å². The molecule has 0 aliphatic carbocycles. The lowest BCUT2D eigenvalue weighted by atomic mass is 9.73. The second kappa shape index (κ2) is 5.37. The van der Waals surface area contributed by atoms with E-state index in [1.165, 1.54) is 6.92 Å². The summed E-state index contributed by atoms with van der Waals surface area (Å²) in [5, 5.41) is 0. The van der Waals surface area contributed by atoms with Crippen molar-refractivity contribution in [2.24, 2.45) is 5.92 Å². The van der Waals surface area contributed by atoms with E-state index in [0.29, 0.717) is 6.42 Å². The summed E-state index contributed by atoms with van der Waals surface area (Å²) in [7, 11) is 1.79. The van der Waals surface area contributed by atoms with Crippen molar-refractivity contribution in [2.45, 2.75) is 62.4 Å². The highest BCUT2D eigenvalue weighted by molar-refractivity contribution is 6.02. The third-order valence-electron chi connectivity index (χ3n) is 7.38. The van der Waals surface area contributed by atoms with Crippen LogP contribution in [-0.4, -0.2) is 65.8 Å². The van der Waals surface area contributed by atoms with Crippen LogP contribution in [0.1, 0.15) is 31.9 Å². The Bertz CT molecular complexity index is 964. The second-order valence-electron chi connectivity index (χ2n) is 8.67. The Labute approximate surface area is 167 Å². The molecule has 5 heterocycles. The van der Waals surface area contributed by atoms with Crippen LogP contribution >= 0.6 is 0 Å². The van der Waals surface area contributed by atoms with E-state index in [-0.39, 0.29) is 36.1 Å². The Morgan fingerprint density at radius 1 is 1.24 bits per heavy atom. The normalized spacial score (nSPS) is 42.7. The van der Waals surface area contributed by atoms with E-state index in [1.54, 1.807) is 23.8 Å². The molecule has 1 spiro atoms. The van der Waals surface area contributed by atoms with Crippen LogP contribution in [-0.2, 0) is 28.6 Å². The molecule has 1 aromatic rings. The van der Waals surface area contributed by atoms with Crippen molar-refractivity contribution >= 4 is 23.5 Å². The molecule has 29 heavy (non-hydrogen) atoms. The van der Waals surface area contributed by atoms with E-state index in [9.17, 15) is 14.4 Å². The molecule has 2 amide bonds. The Hall–Kier alpha value is -2.45. The fourth-order valence-electron chi connectivity index (χ4n) is 6.19. The zero-order valence-corrected chi connectivity index (χ0v) is 16.4. The molecule has 152 valence electrons. The van der Waals surface area contributed by atoms with Crippen LogP contribution in [0.2, 0.25) is 0 Å². The average Bonchev–Trinajstić information content (AvgIpc) is 3.28. The predicted molar refractivity (Wildman–Crippen MR) is 98.8 cm³/mol. The van der Waals surface area contributed by atoms with Crippen LogP contribution in [0.15, 0.2) is 24.3 Å². The first-order chi connectivity index (χ1) is 13.9. The smallest absolute Gasteiger partial charge is 0.303 e. The second-order valence-corrected chi connectivity index (χ2v) is 8.67. The van der Waals surface area contributed by atoms with Crippen LogP contribution in [0.25, 0.3) is 0 Å². The van der Waals surface area contributed by atoms with Gasteiger partial charge >= 0.3 is 5.97 Å². The summed E-state index contributed by atoms with van der Waals surface area (Å²) in [6, 6.07) is 7.25. The van der Waals surface area contributed by atoms with E-state index >= 15 is 0 Å². The number of esters is 1. The molecule has 2 bridgehead atoms. The Morgan fingerprint density at radius 3 is 2.72 bits per heavy atom. The van der Waals surface area contributed by atoms with Gasteiger partial charge in [-0.25, -0.2) is 0 Å². The minimum atomic E-state index is -0.837. The fraction of sp³-hybridized carbons (Fsp3) is 0.571. The van der Waals surface area contributed by atoms with Crippen LogP contribution in [0.4, 0.5) is 5.69 Å². The molecule has 5 aliphatic rings. The van der Waals surface area contributed by atoms with Crippen molar-refractivity contribution in [1.29, 1.82) is 0 Å². The third-order valence-corrected chi connectivity index (χ3v) is 7.38. The zero-order valence-electron chi connectivity index (χ0n) is 16.4. The number of epoxide rings is 1. The van der Waals surface area contributed by atoms with Crippen LogP contribution < -0.4 is 4.90 Å². The summed E-state index contributed by atoms with van der Waals surface area (Å²) < 4.78 is 17.9. The van der Waals surface area contributed by atoms with E-state index in [4.69, 9.17) is 14.2 Å². The summed E-state index contributed by atoms with van der Waals surface area (Å²) in [6.45, 7) is 2.90. The topological polar surface area (TPSA) is 88.7 Å². The largest absolute Gasteiger partial charge is 0.459 e. The number of para-hydroxylation sites is 1. The van der Waals surface area contributed by atoms with Gasteiger partial charge in [0.05, 0.1) is 12.1 Å². The maximum Gasteiger partial charge on any atom is 0.303 e. The number of carbonyl (C=O) groups is 3. The number of ether oxygens (including phenoxy) is 3. The molecule has 0 unspecified atom stereocenters. The minimum absolute atomic E-state index is 0.0356. The monoisotopic (exact) mass is 398 g/mol. The van der Waals surface area contributed by atoms with Crippen molar-refractivity contribution in [3.05, 3.63) is 29.8 Å². The molecule has 8 atom stereocenters. The molecular formula is C21H22N2O6. The minimum Gasteiger partial charge on any atom is -0.459 e. The molecule has 0 saturated carbocycles.